The number of aryl methyl sites for hydroxylation is 1. The number of hydrogen-bond donors (Lipinski definition) is 2. The van der Waals surface area contributed by atoms with Crippen molar-refractivity contribution in [3.63, 3.8) is 0 Å². The number of rotatable bonds is 2. The van der Waals surface area contributed by atoms with Gasteiger partial charge in [-0.05, 0) is 25.1 Å². The second kappa shape index (κ2) is 4.93. The summed E-state index contributed by atoms with van der Waals surface area (Å²) in [5.74, 6) is 0.106. The highest BCUT2D eigenvalue weighted by Crippen LogP contribution is 2.28. The summed E-state index contributed by atoms with van der Waals surface area (Å²) >= 11 is 0. The van der Waals surface area contributed by atoms with Gasteiger partial charge in [-0.1, -0.05) is 0 Å². The Morgan fingerprint density at radius 3 is 2.53 bits per heavy atom. The topological polar surface area (TPSA) is 98.1 Å². The zero-order valence-electron chi connectivity index (χ0n) is 10.8. The van der Waals surface area contributed by atoms with Crippen LogP contribution in [0.5, 0.6) is 0 Å². The largest absolute Gasteiger partial charge is 0.396 e. The number of hydrogen-bond acceptors (Lipinski definition) is 5. The molecule has 2 heterocycles. The number of amides is 1. The van der Waals surface area contributed by atoms with Gasteiger partial charge in [0, 0.05) is 18.8 Å². The molecule has 0 radical (unpaired) electrons. The first-order chi connectivity index (χ1) is 8.99. The number of nitrogens with two attached hydrogens (primary N) is 2. The van der Waals surface area contributed by atoms with Crippen molar-refractivity contribution in [2.45, 2.75) is 13.8 Å². The summed E-state index contributed by atoms with van der Waals surface area (Å²) < 4.78 is 0. The minimum atomic E-state index is -0.142. The van der Waals surface area contributed by atoms with Crippen LogP contribution in [0.25, 0.3) is 0 Å². The number of nitrogens with zero attached hydrogens (tertiary/aromatic N) is 3. The Morgan fingerprint density at radius 1 is 1.21 bits per heavy atom. The van der Waals surface area contributed by atoms with Crippen LogP contribution in [0, 0.1) is 6.92 Å². The van der Waals surface area contributed by atoms with E-state index in [1.165, 1.54) is 18.0 Å². The number of aromatic nitrogens is 2. The summed E-state index contributed by atoms with van der Waals surface area (Å²) in [6.07, 6.45) is 3.16. The monoisotopic (exact) mass is 257 g/mol. The summed E-state index contributed by atoms with van der Waals surface area (Å²) in [4.78, 5) is 21.5. The molecule has 0 spiro atoms. The molecule has 0 aliphatic heterocycles. The van der Waals surface area contributed by atoms with Gasteiger partial charge in [0.1, 0.15) is 5.82 Å². The van der Waals surface area contributed by atoms with Crippen molar-refractivity contribution in [1.29, 1.82) is 0 Å². The van der Waals surface area contributed by atoms with Crippen LogP contribution in [0.2, 0.25) is 0 Å². The first kappa shape index (κ1) is 12.8. The first-order valence-corrected chi connectivity index (χ1v) is 5.73. The lowest BCUT2D eigenvalue weighted by Gasteiger charge is -2.21. The van der Waals surface area contributed by atoms with E-state index in [2.05, 4.69) is 9.97 Å². The van der Waals surface area contributed by atoms with Crippen LogP contribution in [0.15, 0.2) is 30.6 Å². The van der Waals surface area contributed by atoms with Gasteiger partial charge >= 0.3 is 0 Å². The molecule has 1 amide bonds. The molecule has 0 aliphatic carbocycles. The summed E-state index contributed by atoms with van der Waals surface area (Å²) in [5, 5.41) is 0. The summed E-state index contributed by atoms with van der Waals surface area (Å²) in [6.45, 7) is 3.33. The molecule has 0 saturated carbocycles. The average Bonchev–Trinajstić information content (AvgIpc) is 2.33. The number of carbonyl (C=O) groups excluding carboxylic acids is 1. The quantitative estimate of drug-likeness (QED) is 0.852. The highest BCUT2D eigenvalue weighted by atomic mass is 16.2. The van der Waals surface area contributed by atoms with Crippen LogP contribution >= 0.6 is 0 Å². The van der Waals surface area contributed by atoms with Crippen LogP contribution < -0.4 is 16.4 Å². The normalized spacial score (nSPS) is 10.2. The molecule has 4 N–H and O–H groups in total. The van der Waals surface area contributed by atoms with Gasteiger partial charge in [-0.25, -0.2) is 4.98 Å². The van der Waals surface area contributed by atoms with Crippen LogP contribution in [0.1, 0.15) is 12.6 Å². The van der Waals surface area contributed by atoms with Gasteiger partial charge in [0.2, 0.25) is 5.91 Å². The molecule has 0 atom stereocenters. The molecule has 6 nitrogen and oxygen atoms in total. The smallest absolute Gasteiger partial charge is 0.228 e. The lowest BCUT2D eigenvalue weighted by Crippen LogP contribution is -2.23. The van der Waals surface area contributed by atoms with Gasteiger partial charge in [-0.3, -0.25) is 14.7 Å². The summed E-state index contributed by atoms with van der Waals surface area (Å²) in [5.41, 5.74) is 13.8. The Kier molecular flexibility index (Phi) is 3.33. The number of nitrogen functional groups attached to an aromatic ring is 2. The Labute approximate surface area is 111 Å². The van der Waals surface area contributed by atoms with E-state index in [9.17, 15) is 4.79 Å². The first-order valence-electron chi connectivity index (χ1n) is 5.73. The van der Waals surface area contributed by atoms with E-state index >= 15 is 0 Å². The van der Waals surface area contributed by atoms with E-state index in [0.29, 0.717) is 17.1 Å². The molecule has 98 valence electrons. The number of pyridine rings is 2. The molecule has 2 aromatic rings. The lowest BCUT2D eigenvalue weighted by atomic mass is 10.2. The SMILES string of the molecule is CC(=O)N(c1ccnc(C)c1)c1cnc(N)c(N)c1. The van der Waals surface area contributed by atoms with Gasteiger partial charge in [0.25, 0.3) is 0 Å². The molecule has 0 bridgehead atoms. The maximum atomic E-state index is 11.9. The lowest BCUT2D eigenvalue weighted by molar-refractivity contribution is -0.115. The summed E-state index contributed by atoms with van der Waals surface area (Å²) in [7, 11) is 0. The van der Waals surface area contributed by atoms with E-state index in [1.807, 2.05) is 13.0 Å². The fourth-order valence-corrected chi connectivity index (χ4v) is 1.79. The molecule has 2 rings (SSSR count). The molecule has 2 aromatic heterocycles. The molecule has 0 fully saturated rings. The van der Waals surface area contributed by atoms with Crippen molar-refractivity contribution >= 4 is 28.8 Å². The maximum absolute atomic E-state index is 11.9. The minimum Gasteiger partial charge on any atom is -0.396 e. The van der Waals surface area contributed by atoms with Crippen molar-refractivity contribution in [1.82, 2.24) is 9.97 Å². The van der Waals surface area contributed by atoms with Crippen molar-refractivity contribution in [3.05, 3.63) is 36.3 Å². The predicted molar refractivity (Wildman–Crippen MR) is 74.9 cm³/mol. The Morgan fingerprint density at radius 2 is 1.95 bits per heavy atom. The third-order valence-corrected chi connectivity index (χ3v) is 2.65. The number of carbonyl (C=O) groups is 1. The Bertz CT molecular complexity index is 626. The molecule has 0 saturated heterocycles. The molecule has 6 heteroatoms. The van der Waals surface area contributed by atoms with E-state index in [0.717, 1.165) is 5.69 Å². The predicted octanol–water partition coefficient (Wildman–Crippen LogP) is 1.63. The molecular weight excluding hydrogens is 242 g/mol. The van der Waals surface area contributed by atoms with Gasteiger partial charge < -0.3 is 11.5 Å². The van der Waals surface area contributed by atoms with Crippen LogP contribution in [-0.2, 0) is 4.79 Å². The van der Waals surface area contributed by atoms with Crippen molar-refractivity contribution < 1.29 is 4.79 Å². The van der Waals surface area contributed by atoms with Crippen molar-refractivity contribution in [2.24, 2.45) is 0 Å². The van der Waals surface area contributed by atoms with E-state index in [-0.39, 0.29) is 11.7 Å². The Hall–Kier alpha value is -2.63. The Balaban J connectivity index is 2.51. The third-order valence-electron chi connectivity index (χ3n) is 2.65. The highest BCUT2D eigenvalue weighted by molar-refractivity contribution is 5.99. The highest BCUT2D eigenvalue weighted by Gasteiger charge is 2.15. The third kappa shape index (κ3) is 2.62. The fourth-order valence-electron chi connectivity index (χ4n) is 1.79. The van der Waals surface area contributed by atoms with Crippen LogP contribution in [-0.4, -0.2) is 15.9 Å². The van der Waals surface area contributed by atoms with Gasteiger partial charge in [0.15, 0.2) is 0 Å². The van der Waals surface area contributed by atoms with Gasteiger partial charge in [0.05, 0.1) is 23.3 Å². The number of anilines is 4. The van der Waals surface area contributed by atoms with E-state index < -0.39 is 0 Å². The summed E-state index contributed by atoms with van der Waals surface area (Å²) in [6, 6.07) is 5.19. The maximum Gasteiger partial charge on any atom is 0.228 e. The van der Waals surface area contributed by atoms with Gasteiger partial charge in [-0.15, -0.1) is 0 Å². The van der Waals surface area contributed by atoms with Gasteiger partial charge in [-0.2, -0.15) is 0 Å². The van der Waals surface area contributed by atoms with Crippen LogP contribution in [0.3, 0.4) is 0 Å². The molecular formula is C13H15N5O. The van der Waals surface area contributed by atoms with Crippen LogP contribution in [0.4, 0.5) is 22.9 Å². The molecule has 19 heavy (non-hydrogen) atoms. The zero-order chi connectivity index (χ0) is 14.0. The molecule has 0 unspecified atom stereocenters. The molecule has 0 aliphatic rings. The zero-order valence-corrected chi connectivity index (χ0v) is 10.8. The minimum absolute atomic E-state index is 0.142. The standard InChI is InChI=1S/C13H15N5O/c1-8-5-10(3-4-16-8)18(9(2)19)11-6-12(14)13(15)17-7-11/h3-7H,14H2,1-2H3,(H2,15,17). The average molecular weight is 257 g/mol. The fraction of sp³-hybridized carbons (Fsp3) is 0.154. The molecule has 0 aromatic carbocycles. The second-order valence-electron chi connectivity index (χ2n) is 4.18. The van der Waals surface area contributed by atoms with E-state index in [1.54, 1.807) is 18.3 Å². The van der Waals surface area contributed by atoms with E-state index in [4.69, 9.17) is 11.5 Å². The second-order valence-corrected chi connectivity index (χ2v) is 4.18. The van der Waals surface area contributed by atoms with Crippen molar-refractivity contribution in [2.75, 3.05) is 16.4 Å². The van der Waals surface area contributed by atoms with Crippen molar-refractivity contribution in [3.8, 4) is 0 Å².